The van der Waals surface area contributed by atoms with Gasteiger partial charge in [-0.1, -0.05) is 34.6 Å². The maximum Gasteiger partial charge on any atom is 0.240 e. The largest absolute Gasteiger partial charge is 0.341 e. The number of amides is 1. The third-order valence-corrected chi connectivity index (χ3v) is 4.63. The second-order valence-electron chi connectivity index (χ2n) is 7.12. The Morgan fingerprint density at radius 1 is 1.31 bits per heavy atom. The lowest BCUT2D eigenvalue weighted by molar-refractivity contribution is -0.134. The van der Waals surface area contributed by atoms with Gasteiger partial charge in [0.25, 0.3) is 0 Å². The summed E-state index contributed by atoms with van der Waals surface area (Å²) in [6.07, 6.45) is 0. The summed E-state index contributed by atoms with van der Waals surface area (Å²) in [5, 5.41) is 0. The summed E-state index contributed by atoms with van der Waals surface area (Å²) in [4.78, 5) is 14.1. The Balaban J connectivity index is 1.95. The van der Waals surface area contributed by atoms with Crippen LogP contribution in [0.15, 0.2) is 0 Å². The van der Waals surface area contributed by atoms with Gasteiger partial charge in [0.2, 0.25) is 5.91 Å². The number of piperidine rings is 1. The zero-order valence-electron chi connectivity index (χ0n) is 11.1. The minimum absolute atomic E-state index is 0.135. The zero-order valence-corrected chi connectivity index (χ0v) is 11.1. The Kier molecular flexibility index (Phi) is 2.40. The van der Waals surface area contributed by atoms with E-state index in [0.717, 1.165) is 13.1 Å². The fourth-order valence-corrected chi connectivity index (χ4v) is 2.88. The lowest BCUT2D eigenvalue weighted by Crippen LogP contribution is -2.50. The molecule has 92 valence electrons. The fraction of sp³-hybridized carbons (Fsp3) is 0.923. The van der Waals surface area contributed by atoms with Gasteiger partial charge in [-0.25, -0.2) is 0 Å². The molecule has 1 saturated carbocycles. The van der Waals surface area contributed by atoms with Crippen LogP contribution in [0.2, 0.25) is 0 Å². The molecule has 2 N–H and O–H groups in total. The molecule has 0 spiro atoms. The van der Waals surface area contributed by atoms with Crippen LogP contribution in [-0.4, -0.2) is 29.9 Å². The van der Waals surface area contributed by atoms with Crippen LogP contribution in [0.25, 0.3) is 0 Å². The van der Waals surface area contributed by atoms with Crippen molar-refractivity contribution in [1.29, 1.82) is 0 Å². The topological polar surface area (TPSA) is 46.3 Å². The summed E-state index contributed by atoms with van der Waals surface area (Å²) in [6.45, 7) is 12.5. The standard InChI is InChI=1S/C13H24N2O/c1-12(2,3)10(14)11(16)15-6-8-9(7-15)13(8,4)5/h8-10H,6-7,14H2,1-5H3/t8-,9+,10-/m1/s1. The maximum absolute atomic E-state index is 12.2. The van der Waals surface area contributed by atoms with Crippen molar-refractivity contribution in [2.24, 2.45) is 28.4 Å². The van der Waals surface area contributed by atoms with Crippen LogP contribution in [0.5, 0.6) is 0 Å². The van der Waals surface area contributed by atoms with Gasteiger partial charge < -0.3 is 10.6 Å². The molecule has 3 atom stereocenters. The molecule has 16 heavy (non-hydrogen) atoms. The molecule has 1 amide bonds. The highest BCUT2D eigenvalue weighted by molar-refractivity contribution is 5.83. The van der Waals surface area contributed by atoms with E-state index in [2.05, 4.69) is 13.8 Å². The molecule has 0 radical (unpaired) electrons. The van der Waals surface area contributed by atoms with E-state index in [4.69, 9.17) is 5.73 Å². The summed E-state index contributed by atoms with van der Waals surface area (Å²) in [6, 6.07) is -0.367. The first kappa shape index (κ1) is 11.9. The molecule has 0 aromatic rings. The molecule has 0 unspecified atom stereocenters. The first-order chi connectivity index (χ1) is 7.15. The van der Waals surface area contributed by atoms with Crippen molar-refractivity contribution in [3.63, 3.8) is 0 Å². The fourth-order valence-electron chi connectivity index (χ4n) is 2.88. The number of nitrogens with zero attached hydrogens (tertiary/aromatic N) is 1. The first-order valence-corrected chi connectivity index (χ1v) is 6.20. The van der Waals surface area contributed by atoms with Crippen molar-refractivity contribution in [3.05, 3.63) is 0 Å². The number of carbonyl (C=O) groups is 1. The maximum atomic E-state index is 12.2. The predicted molar refractivity (Wildman–Crippen MR) is 64.8 cm³/mol. The van der Waals surface area contributed by atoms with E-state index in [-0.39, 0.29) is 17.4 Å². The second-order valence-corrected chi connectivity index (χ2v) is 7.12. The Morgan fingerprint density at radius 2 is 1.75 bits per heavy atom. The Morgan fingerprint density at radius 3 is 2.12 bits per heavy atom. The van der Waals surface area contributed by atoms with Gasteiger partial charge >= 0.3 is 0 Å². The van der Waals surface area contributed by atoms with Gasteiger partial charge in [-0.2, -0.15) is 0 Å². The first-order valence-electron chi connectivity index (χ1n) is 6.20. The molecule has 0 bridgehead atoms. The number of hydrogen-bond donors (Lipinski definition) is 1. The molecule has 1 heterocycles. The molecule has 2 aliphatic rings. The summed E-state index contributed by atoms with van der Waals surface area (Å²) in [5.74, 6) is 1.56. The van der Waals surface area contributed by atoms with Gasteiger partial charge in [0, 0.05) is 13.1 Å². The molecular weight excluding hydrogens is 200 g/mol. The molecule has 2 rings (SSSR count). The molecule has 0 aromatic heterocycles. The SMILES string of the molecule is CC(C)(C)[C@H](N)C(=O)N1C[C@@H]2[C@H](C1)C2(C)C. The highest BCUT2D eigenvalue weighted by Crippen LogP contribution is 2.62. The van der Waals surface area contributed by atoms with E-state index >= 15 is 0 Å². The minimum atomic E-state index is -0.367. The van der Waals surface area contributed by atoms with Crippen molar-refractivity contribution in [1.82, 2.24) is 4.90 Å². The highest BCUT2D eigenvalue weighted by atomic mass is 16.2. The van der Waals surface area contributed by atoms with Crippen LogP contribution in [0.1, 0.15) is 34.6 Å². The highest BCUT2D eigenvalue weighted by Gasteiger charge is 2.62. The Labute approximate surface area is 98.4 Å². The van der Waals surface area contributed by atoms with Gasteiger partial charge in [0.05, 0.1) is 6.04 Å². The normalized spacial score (nSPS) is 33.5. The van der Waals surface area contributed by atoms with Crippen molar-refractivity contribution in [2.45, 2.75) is 40.7 Å². The number of rotatable bonds is 1. The van der Waals surface area contributed by atoms with Crippen molar-refractivity contribution in [2.75, 3.05) is 13.1 Å². The van der Waals surface area contributed by atoms with Crippen LogP contribution < -0.4 is 5.73 Å². The monoisotopic (exact) mass is 224 g/mol. The van der Waals surface area contributed by atoms with Gasteiger partial charge in [0.1, 0.15) is 0 Å². The average molecular weight is 224 g/mol. The molecule has 0 aromatic carbocycles. The van der Waals surface area contributed by atoms with Crippen molar-refractivity contribution >= 4 is 5.91 Å². The van der Waals surface area contributed by atoms with Gasteiger partial charge in [-0.3, -0.25) is 4.79 Å². The van der Waals surface area contributed by atoms with E-state index < -0.39 is 0 Å². The van der Waals surface area contributed by atoms with E-state index in [1.165, 1.54) is 0 Å². The molecule has 3 nitrogen and oxygen atoms in total. The van der Waals surface area contributed by atoms with E-state index in [0.29, 0.717) is 17.3 Å². The third kappa shape index (κ3) is 1.65. The summed E-state index contributed by atoms with van der Waals surface area (Å²) < 4.78 is 0. The predicted octanol–water partition coefficient (Wildman–Crippen LogP) is 1.47. The molecule has 2 fully saturated rings. The quantitative estimate of drug-likeness (QED) is 0.733. The van der Waals surface area contributed by atoms with E-state index in [9.17, 15) is 4.79 Å². The lowest BCUT2D eigenvalue weighted by atomic mass is 9.86. The molecule has 1 aliphatic heterocycles. The zero-order chi connectivity index (χ0) is 12.3. The number of carbonyl (C=O) groups excluding carboxylic acids is 1. The van der Waals surface area contributed by atoms with Crippen molar-refractivity contribution in [3.8, 4) is 0 Å². The van der Waals surface area contributed by atoms with E-state index in [1.807, 2.05) is 25.7 Å². The van der Waals surface area contributed by atoms with Crippen LogP contribution in [0.4, 0.5) is 0 Å². The van der Waals surface area contributed by atoms with Crippen LogP contribution in [0.3, 0.4) is 0 Å². The minimum Gasteiger partial charge on any atom is -0.341 e. The summed E-state index contributed by atoms with van der Waals surface area (Å²) >= 11 is 0. The van der Waals surface area contributed by atoms with Crippen LogP contribution in [0, 0.1) is 22.7 Å². The Bertz CT molecular complexity index is 302. The Hall–Kier alpha value is -0.570. The molecule has 3 heteroatoms. The smallest absolute Gasteiger partial charge is 0.240 e. The third-order valence-electron chi connectivity index (χ3n) is 4.63. The molecular formula is C13H24N2O. The van der Waals surface area contributed by atoms with E-state index in [1.54, 1.807) is 0 Å². The molecule has 1 saturated heterocycles. The number of hydrogen-bond acceptors (Lipinski definition) is 2. The number of likely N-dealkylation sites (tertiary alicyclic amines) is 1. The van der Waals surface area contributed by atoms with Crippen LogP contribution in [-0.2, 0) is 4.79 Å². The number of fused-ring (bicyclic) bond motifs is 1. The average Bonchev–Trinajstić information content (AvgIpc) is 2.57. The number of nitrogens with two attached hydrogens (primary N) is 1. The lowest BCUT2D eigenvalue weighted by Gasteiger charge is -2.31. The van der Waals surface area contributed by atoms with Crippen molar-refractivity contribution < 1.29 is 4.79 Å². The summed E-state index contributed by atoms with van der Waals surface area (Å²) in [7, 11) is 0. The molecule has 1 aliphatic carbocycles. The van der Waals surface area contributed by atoms with Gasteiger partial charge in [-0.05, 0) is 22.7 Å². The van der Waals surface area contributed by atoms with Gasteiger partial charge in [-0.15, -0.1) is 0 Å². The summed E-state index contributed by atoms with van der Waals surface area (Å²) in [5.41, 5.74) is 6.33. The van der Waals surface area contributed by atoms with Gasteiger partial charge in [0.15, 0.2) is 0 Å². The van der Waals surface area contributed by atoms with Crippen LogP contribution >= 0.6 is 0 Å². The second kappa shape index (κ2) is 3.22.